The van der Waals surface area contributed by atoms with Crippen LogP contribution in [0.4, 0.5) is 0 Å². The molecule has 2 heteroatoms. The molecule has 1 aromatic heterocycles. The summed E-state index contributed by atoms with van der Waals surface area (Å²) in [5, 5.41) is 0. The average Bonchev–Trinajstić information content (AvgIpc) is 2.35. The van der Waals surface area contributed by atoms with Gasteiger partial charge in [-0.2, -0.15) is 0 Å². The number of unbranched alkanes of at least 4 members (excludes halogenated alkanes) is 1. The Labute approximate surface area is 69.3 Å². The van der Waals surface area contributed by atoms with Crippen LogP contribution >= 0.6 is 0 Å². The minimum Gasteiger partial charge on any atom is -0.340 e. The lowest BCUT2D eigenvalue weighted by atomic mass is 10.4. The zero-order chi connectivity index (χ0) is 8.69. The highest BCUT2D eigenvalue weighted by atomic mass is 15.0. The van der Waals surface area contributed by atoms with Crippen molar-refractivity contribution in [1.82, 2.24) is 9.55 Å². The second-order valence-corrected chi connectivity index (χ2v) is 2.68. The van der Waals surface area contributed by atoms with Crippen LogP contribution in [0.5, 0.6) is 0 Å². The van der Waals surface area contributed by atoms with Crippen LogP contribution in [-0.2, 0) is 7.05 Å². The van der Waals surface area contributed by atoms with E-state index < -0.39 is 0 Å². The van der Waals surface area contributed by atoms with Crippen LogP contribution in [0.15, 0.2) is 12.5 Å². The first-order valence-corrected chi connectivity index (χ1v) is 4.15. The van der Waals surface area contributed by atoms with Crippen LogP contribution in [0.25, 0.3) is 0 Å². The maximum Gasteiger partial charge on any atom is 0.0946 e. The van der Waals surface area contributed by atoms with Gasteiger partial charge >= 0.3 is 0 Å². The molecule has 0 amide bonds. The Bertz CT molecular complexity index is 161. The van der Waals surface area contributed by atoms with Crippen molar-refractivity contribution in [3.05, 3.63) is 18.2 Å². The van der Waals surface area contributed by atoms with E-state index in [4.69, 9.17) is 0 Å². The summed E-state index contributed by atoms with van der Waals surface area (Å²) in [5.74, 6) is 0. The second kappa shape index (κ2) is 5.96. The first-order chi connectivity index (χ1) is 5.20. The van der Waals surface area contributed by atoms with Gasteiger partial charge in [0.05, 0.1) is 12.0 Å². The lowest BCUT2D eigenvalue weighted by molar-refractivity contribution is 0.886. The molecule has 0 aliphatic rings. The molecule has 0 unspecified atom stereocenters. The molecule has 1 rings (SSSR count). The van der Waals surface area contributed by atoms with Crippen molar-refractivity contribution in [2.75, 3.05) is 0 Å². The van der Waals surface area contributed by atoms with Crippen LogP contribution in [0.2, 0.25) is 0 Å². The highest BCUT2D eigenvalue weighted by Crippen LogP contribution is 1.86. The summed E-state index contributed by atoms with van der Waals surface area (Å²) in [4.78, 5) is 3.98. The number of rotatable bonds is 1. The lowest BCUT2D eigenvalue weighted by Crippen LogP contribution is -1.76. The standard InChI is InChI=1S/C5H8N2.C4H10/c1-5-3-7(2)4-6-5;1-3-4-2/h3-4H,1-2H3;3-4H2,1-2H3. The molecular formula is C9H18N2. The Morgan fingerprint density at radius 3 is 2.00 bits per heavy atom. The summed E-state index contributed by atoms with van der Waals surface area (Å²) in [7, 11) is 1.96. The van der Waals surface area contributed by atoms with Crippen molar-refractivity contribution in [3.63, 3.8) is 0 Å². The molecule has 0 spiro atoms. The molecule has 0 atom stereocenters. The molecular weight excluding hydrogens is 136 g/mol. The molecule has 1 heterocycles. The molecule has 0 bridgehead atoms. The molecule has 64 valence electrons. The van der Waals surface area contributed by atoms with Gasteiger partial charge in [-0.25, -0.2) is 4.98 Å². The predicted octanol–water partition coefficient (Wildman–Crippen LogP) is 2.53. The zero-order valence-electron chi connectivity index (χ0n) is 7.96. The number of aryl methyl sites for hydroxylation is 2. The van der Waals surface area contributed by atoms with Crippen LogP contribution in [-0.4, -0.2) is 9.55 Å². The van der Waals surface area contributed by atoms with Crippen molar-refractivity contribution in [1.29, 1.82) is 0 Å². The van der Waals surface area contributed by atoms with E-state index in [0.717, 1.165) is 5.69 Å². The molecule has 0 N–H and O–H groups in total. The molecule has 0 saturated carbocycles. The molecule has 0 aliphatic heterocycles. The van der Waals surface area contributed by atoms with Crippen LogP contribution in [0.3, 0.4) is 0 Å². The van der Waals surface area contributed by atoms with Crippen molar-refractivity contribution in [2.24, 2.45) is 7.05 Å². The Hall–Kier alpha value is -0.790. The largest absolute Gasteiger partial charge is 0.340 e. The van der Waals surface area contributed by atoms with Gasteiger partial charge in [-0.05, 0) is 6.92 Å². The Morgan fingerprint density at radius 2 is 1.91 bits per heavy atom. The van der Waals surface area contributed by atoms with E-state index in [9.17, 15) is 0 Å². The van der Waals surface area contributed by atoms with Gasteiger partial charge in [-0.1, -0.05) is 26.7 Å². The minimum absolute atomic E-state index is 1.07. The summed E-state index contributed by atoms with van der Waals surface area (Å²) >= 11 is 0. The highest BCUT2D eigenvalue weighted by molar-refractivity contribution is 4.90. The first-order valence-electron chi connectivity index (χ1n) is 4.15. The number of hydrogen-bond donors (Lipinski definition) is 0. The minimum atomic E-state index is 1.07. The Balaban J connectivity index is 0.000000218. The molecule has 0 saturated heterocycles. The van der Waals surface area contributed by atoms with Gasteiger partial charge in [0.1, 0.15) is 0 Å². The zero-order valence-corrected chi connectivity index (χ0v) is 7.96. The van der Waals surface area contributed by atoms with E-state index in [1.807, 2.05) is 24.7 Å². The fraction of sp³-hybridized carbons (Fsp3) is 0.667. The summed E-state index contributed by atoms with van der Waals surface area (Å²) in [6.45, 7) is 6.33. The Morgan fingerprint density at radius 1 is 1.36 bits per heavy atom. The average molecular weight is 154 g/mol. The van der Waals surface area contributed by atoms with E-state index in [0.29, 0.717) is 0 Å². The van der Waals surface area contributed by atoms with Crippen LogP contribution < -0.4 is 0 Å². The molecule has 0 aliphatic carbocycles. The van der Waals surface area contributed by atoms with E-state index in [1.165, 1.54) is 12.8 Å². The predicted molar refractivity (Wildman–Crippen MR) is 48.5 cm³/mol. The molecule has 0 radical (unpaired) electrons. The number of aromatic nitrogens is 2. The van der Waals surface area contributed by atoms with E-state index in [1.54, 1.807) is 6.33 Å². The summed E-state index contributed by atoms with van der Waals surface area (Å²) in [6.07, 6.45) is 6.40. The highest BCUT2D eigenvalue weighted by Gasteiger charge is 1.81. The molecule has 11 heavy (non-hydrogen) atoms. The number of nitrogens with zero attached hydrogens (tertiary/aromatic N) is 2. The third-order valence-electron chi connectivity index (χ3n) is 1.33. The fourth-order valence-electron chi connectivity index (χ4n) is 0.544. The van der Waals surface area contributed by atoms with E-state index in [2.05, 4.69) is 18.8 Å². The van der Waals surface area contributed by atoms with Crippen molar-refractivity contribution in [3.8, 4) is 0 Å². The van der Waals surface area contributed by atoms with Crippen LogP contribution in [0, 0.1) is 6.92 Å². The summed E-state index contributed by atoms with van der Waals surface area (Å²) in [5.41, 5.74) is 1.07. The molecule has 0 fully saturated rings. The lowest BCUT2D eigenvalue weighted by Gasteiger charge is -1.78. The maximum atomic E-state index is 3.98. The number of hydrogen-bond acceptors (Lipinski definition) is 1. The first kappa shape index (κ1) is 10.2. The van der Waals surface area contributed by atoms with Gasteiger partial charge in [0, 0.05) is 13.2 Å². The van der Waals surface area contributed by atoms with Gasteiger partial charge in [0.25, 0.3) is 0 Å². The van der Waals surface area contributed by atoms with Crippen LogP contribution in [0.1, 0.15) is 32.4 Å². The summed E-state index contributed by atoms with van der Waals surface area (Å²) < 4.78 is 1.93. The van der Waals surface area contributed by atoms with Gasteiger partial charge in [0.15, 0.2) is 0 Å². The summed E-state index contributed by atoms with van der Waals surface area (Å²) in [6, 6.07) is 0. The molecule has 2 nitrogen and oxygen atoms in total. The smallest absolute Gasteiger partial charge is 0.0946 e. The van der Waals surface area contributed by atoms with Gasteiger partial charge in [-0.3, -0.25) is 0 Å². The van der Waals surface area contributed by atoms with Gasteiger partial charge in [-0.15, -0.1) is 0 Å². The third kappa shape index (κ3) is 5.64. The van der Waals surface area contributed by atoms with Crippen molar-refractivity contribution >= 4 is 0 Å². The second-order valence-electron chi connectivity index (χ2n) is 2.68. The maximum absolute atomic E-state index is 3.98. The normalized spacial score (nSPS) is 8.73. The third-order valence-corrected chi connectivity index (χ3v) is 1.33. The quantitative estimate of drug-likeness (QED) is 0.607. The van der Waals surface area contributed by atoms with Crippen molar-refractivity contribution < 1.29 is 0 Å². The van der Waals surface area contributed by atoms with Crippen molar-refractivity contribution in [2.45, 2.75) is 33.6 Å². The monoisotopic (exact) mass is 154 g/mol. The fourth-order valence-corrected chi connectivity index (χ4v) is 0.544. The molecule has 0 aromatic carbocycles. The SMILES string of the molecule is CCCC.Cc1cn(C)cn1. The van der Waals surface area contributed by atoms with E-state index in [-0.39, 0.29) is 0 Å². The topological polar surface area (TPSA) is 17.8 Å². The molecule has 1 aromatic rings. The Kier molecular flexibility index (Phi) is 5.53. The number of imidazole rings is 1. The van der Waals surface area contributed by atoms with E-state index >= 15 is 0 Å². The van der Waals surface area contributed by atoms with Gasteiger partial charge < -0.3 is 4.57 Å². The van der Waals surface area contributed by atoms with Gasteiger partial charge in [0.2, 0.25) is 0 Å².